The number of rotatable bonds is 2. The number of hydrogen-bond donors (Lipinski definition) is 0. The summed E-state index contributed by atoms with van der Waals surface area (Å²) >= 11 is 6.20. The molecule has 0 bridgehead atoms. The molecule has 0 saturated heterocycles. The van der Waals surface area contributed by atoms with Crippen molar-refractivity contribution in [2.45, 2.75) is 39.0 Å². The molecular formula is C13H16ClN3O. The summed E-state index contributed by atoms with van der Waals surface area (Å²) in [6.07, 6.45) is 3.32. The molecule has 1 atom stereocenters. The summed E-state index contributed by atoms with van der Waals surface area (Å²) in [4.78, 5) is 12.1. The van der Waals surface area contributed by atoms with Crippen LogP contribution in [0.15, 0.2) is 0 Å². The Balaban J connectivity index is 2.36. The maximum atomic E-state index is 12.1. The van der Waals surface area contributed by atoms with Gasteiger partial charge in [-0.2, -0.15) is 10.4 Å². The summed E-state index contributed by atoms with van der Waals surface area (Å²) in [6, 6.07) is 2.23. The highest BCUT2D eigenvalue weighted by Gasteiger charge is 2.41. The van der Waals surface area contributed by atoms with Gasteiger partial charge in [0.15, 0.2) is 5.78 Å². The fraction of sp³-hybridized carbons (Fsp3) is 0.615. The molecule has 1 fully saturated rings. The molecule has 1 aliphatic carbocycles. The van der Waals surface area contributed by atoms with Crippen LogP contribution < -0.4 is 0 Å². The van der Waals surface area contributed by atoms with Crippen molar-refractivity contribution < 1.29 is 4.79 Å². The van der Waals surface area contributed by atoms with Gasteiger partial charge in [-0.3, -0.25) is 9.48 Å². The van der Waals surface area contributed by atoms with Crippen LogP contribution in [0.25, 0.3) is 0 Å². The molecule has 4 nitrogen and oxygen atoms in total. The van der Waals surface area contributed by atoms with E-state index >= 15 is 0 Å². The topological polar surface area (TPSA) is 58.7 Å². The van der Waals surface area contributed by atoms with Gasteiger partial charge < -0.3 is 0 Å². The predicted octanol–water partition coefficient (Wildman–Crippen LogP) is 2.58. The summed E-state index contributed by atoms with van der Waals surface area (Å²) in [5.41, 5.74) is 0.624. The van der Waals surface area contributed by atoms with E-state index in [9.17, 15) is 10.1 Å². The number of hydrogen-bond acceptors (Lipinski definition) is 3. The van der Waals surface area contributed by atoms with Crippen LogP contribution in [0, 0.1) is 23.7 Å². The maximum Gasteiger partial charge on any atom is 0.153 e. The first-order valence-electron chi connectivity index (χ1n) is 6.13. The minimum absolute atomic E-state index is 0.0474. The summed E-state index contributed by atoms with van der Waals surface area (Å²) in [5.74, 6) is 0.0474. The number of nitrogens with zero attached hydrogens (tertiary/aromatic N) is 3. The molecule has 18 heavy (non-hydrogen) atoms. The summed E-state index contributed by atoms with van der Waals surface area (Å²) in [5, 5.41) is 14.2. The number of carbonyl (C=O) groups excluding carboxylic acids is 1. The van der Waals surface area contributed by atoms with Crippen molar-refractivity contribution >= 4 is 17.4 Å². The van der Waals surface area contributed by atoms with Gasteiger partial charge in [-0.05, 0) is 19.8 Å². The average molecular weight is 266 g/mol. The van der Waals surface area contributed by atoms with Crippen molar-refractivity contribution in [2.24, 2.45) is 12.5 Å². The minimum Gasteiger partial charge on any atom is -0.298 e. The Hall–Kier alpha value is -1.34. The van der Waals surface area contributed by atoms with Crippen molar-refractivity contribution in [1.29, 1.82) is 5.26 Å². The second-order valence-corrected chi connectivity index (χ2v) is 5.35. The monoisotopic (exact) mass is 265 g/mol. The highest BCUT2D eigenvalue weighted by molar-refractivity contribution is 6.31. The largest absolute Gasteiger partial charge is 0.298 e. The first-order chi connectivity index (χ1) is 8.50. The number of ketones is 1. The van der Waals surface area contributed by atoms with E-state index in [0.29, 0.717) is 24.3 Å². The van der Waals surface area contributed by atoms with Crippen molar-refractivity contribution in [3.05, 3.63) is 16.4 Å². The molecule has 0 aromatic carbocycles. The molecule has 0 N–H and O–H groups in total. The normalized spacial score (nSPS) is 24.0. The Kier molecular flexibility index (Phi) is 3.45. The molecule has 1 heterocycles. The molecule has 5 heteroatoms. The van der Waals surface area contributed by atoms with Gasteiger partial charge in [-0.15, -0.1) is 0 Å². The van der Waals surface area contributed by atoms with Gasteiger partial charge in [0, 0.05) is 19.9 Å². The zero-order valence-corrected chi connectivity index (χ0v) is 11.4. The lowest BCUT2D eigenvalue weighted by molar-refractivity contribution is -0.128. The highest BCUT2D eigenvalue weighted by atomic mass is 35.5. The highest BCUT2D eigenvalue weighted by Crippen LogP contribution is 2.37. The van der Waals surface area contributed by atoms with E-state index in [4.69, 9.17) is 11.6 Å². The minimum atomic E-state index is -0.901. The molecule has 1 unspecified atom stereocenters. The summed E-state index contributed by atoms with van der Waals surface area (Å²) in [7, 11) is 1.80. The number of aromatic nitrogens is 2. The summed E-state index contributed by atoms with van der Waals surface area (Å²) < 4.78 is 1.68. The SMILES string of the molecule is Cc1nn(C)c(CC2(C#N)CCCCC2=O)c1Cl. The fourth-order valence-corrected chi connectivity index (χ4v) is 2.82. The Morgan fingerprint density at radius 1 is 1.56 bits per heavy atom. The second-order valence-electron chi connectivity index (χ2n) is 4.97. The molecule has 0 radical (unpaired) electrons. The van der Waals surface area contributed by atoms with Gasteiger partial charge in [0.25, 0.3) is 0 Å². The van der Waals surface area contributed by atoms with Crippen LogP contribution in [0.4, 0.5) is 0 Å². The molecule has 0 aliphatic heterocycles. The van der Waals surface area contributed by atoms with Crippen LogP contribution >= 0.6 is 11.6 Å². The van der Waals surface area contributed by atoms with Gasteiger partial charge in [0.1, 0.15) is 5.41 Å². The number of nitriles is 1. The van der Waals surface area contributed by atoms with Crippen LogP contribution in [0.3, 0.4) is 0 Å². The number of Topliss-reactive ketones (excluding diaryl/α,β-unsaturated/α-hetero) is 1. The number of aryl methyl sites for hydroxylation is 2. The van der Waals surface area contributed by atoms with E-state index in [1.807, 2.05) is 6.92 Å². The van der Waals surface area contributed by atoms with E-state index < -0.39 is 5.41 Å². The van der Waals surface area contributed by atoms with Crippen molar-refractivity contribution in [1.82, 2.24) is 9.78 Å². The van der Waals surface area contributed by atoms with E-state index in [-0.39, 0.29) is 5.78 Å². The predicted molar refractivity (Wildman–Crippen MR) is 68.2 cm³/mol. The zero-order chi connectivity index (χ0) is 13.3. The van der Waals surface area contributed by atoms with Gasteiger partial charge >= 0.3 is 0 Å². The van der Waals surface area contributed by atoms with Gasteiger partial charge in [-0.25, -0.2) is 0 Å². The molecule has 1 saturated carbocycles. The first-order valence-corrected chi connectivity index (χ1v) is 6.50. The quantitative estimate of drug-likeness (QED) is 0.826. The smallest absolute Gasteiger partial charge is 0.153 e. The lowest BCUT2D eigenvalue weighted by Gasteiger charge is -2.29. The van der Waals surface area contributed by atoms with E-state index in [0.717, 1.165) is 24.2 Å². The number of halogens is 1. The molecule has 2 rings (SSSR count). The summed E-state index contributed by atoms with van der Waals surface area (Å²) in [6.45, 7) is 1.83. The van der Waals surface area contributed by atoms with Crippen LogP contribution in [0.5, 0.6) is 0 Å². The van der Waals surface area contributed by atoms with Gasteiger partial charge in [-0.1, -0.05) is 18.0 Å². The van der Waals surface area contributed by atoms with Crippen molar-refractivity contribution in [3.8, 4) is 6.07 Å². The fourth-order valence-electron chi connectivity index (χ4n) is 2.59. The third kappa shape index (κ3) is 2.04. The lowest BCUT2D eigenvalue weighted by Crippen LogP contribution is -2.35. The second kappa shape index (κ2) is 4.74. The molecule has 96 valence electrons. The van der Waals surface area contributed by atoms with E-state index in [2.05, 4.69) is 11.2 Å². The third-order valence-corrected chi connectivity index (χ3v) is 4.23. The zero-order valence-electron chi connectivity index (χ0n) is 10.7. The molecular weight excluding hydrogens is 250 g/mol. The molecule has 0 amide bonds. The van der Waals surface area contributed by atoms with Gasteiger partial charge in [0.05, 0.1) is 22.5 Å². The van der Waals surface area contributed by atoms with Crippen LogP contribution in [-0.4, -0.2) is 15.6 Å². The Bertz CT molecular complexity index is 529. The molecule has 1 aromatic heterocycles. The van der Waals surface area contributed by atoms with Crippen LogP contribution in [0.1, 0.15) is 37.1 Å². The van der Waals surface area contributed by atoms with E-state index in [1.54, 1.807) is 11.7 Å². The van der Waals surface area contributed by atoms with Crippen molar-refractivity contribution in [3.63, 3.8) is 0 Å². The molecule has 1 aromatic rings. The van der Waals surface area contributed by atoms with Crippen LogP contribution in [0.2, 0.25) is 5.02 Å². The third-order valence-electron chi connectivity index (χ3n) is 3.74. The maximum absolute atomic E-state index is 12.1. The van der Waals surface area contributed by atoms with E-state index in [1.165, 1.54) is 0 Å². The molecule has 1 aliphatic rings. The first kappa shape index (κ1) is 13.1. The average Bonchev–Trinajstić information content (AvgIpc) is 2.59. The van der Waals surface area contributed by atoms with Crippen molar-refractivity contribution in [2.75, 3.05) is 0 Å². The number of carbonyl (C=O) groups is 1. The van der Waals surface area contributed by atoms with Crippen LogP contribution in [-0.2, 0) is 18.3 Å². The Labute approximate surface area is 112 Å². The lowest BCUT2D eigenvalue weighted by atomic mass is 9.71. The molecule has 0 spiro atoms. The van der Waals surface area contributed by atoms with Gasteiger partial charge in [0.2, 0.25) is 0 Å². The Morgan fingerprint density at radius 2 is 2.28 bits per heavy atom. The Morgan fingerprint density at radius 3 is 2.78 bits per heavy atom. The standard InChI is InChI=1S/C13H16ClN3O/c1-9-12(14)10(17(2)16-9)7-13(8-15)6-4-3-5-11(13)18/h3-7H2,1-2H3.